The molecular weight excluding hydrogens is 210 g/mol. The van der Waals surface area contributed by atoms with Gasteiger partial charge in [0.2, 0.25) is 0 Å². The number of aromatic nitrogens is 2. The van der Waals surface area contributed by atoms with E-state index in [0.29, 0.717) is 0 Å². The van der Waals surface area contributed by atoms with Gasteiger partial charge in [0.05, 0.1) is 6.04 Å². The summed E-state index contributed by atoms with van der Waals surface area (Å²) >= 11 is 0. The molecule has 1 atom stereocenters. The minimum atomic E-state index is 0.0105. The van der Waals surface area contributed by atoms with E-state index in [9.17, 15) is 0 Å². The summed E-state index contributed by atoms with van der Waals surface area (Å²) in [5.74, 6) is 0.956. The lowest BCUT2D eigenvalue weighted by Gasteiger charge is -2.11. The van der Waals surface area contributed by atoms with E-state index in [0.717, 1.165) is 18.7 Å². The molecule has 0 aliphatic rings. The van der Waals surface area contributed by atoms with Gasteiger partial charge in [-0.3, -0.25) is 0 Å². The van der Waals surface area contributed by atoms with Gasteiger partial charge in [0.1, 0.15) is 5.82 Å². The SMILES string of the molecule is Cc1ccc(CCC(N)c2nccn2C)cc1. The molecule has 0 fully saturated rings. The van der Waals surface area contributed by atoms with Gasteiger partial charge in [-0.05, 0) is 25.3 Å². The zero-order valence-corrected chi connectivity index (χ0v) is 10.4. The standard InChI is InChI=1S/C14H19N3/c1-11-3-5-12(6-4-11)7-8-13(15)14-16-9-10-17(14)2/h3-6,9-10,13H,7-8,15H2,1-2H3. The van der Waals surface area contributed by atoms with E-state index in [1.165, 1.54) is 11.1 Å². The Labute approximate surface area is 102 Å². The smallest absolute Gasteiger partial charge is 0.125 e. The molecule has 3 nitrogen and oxygen atoms in total. The molecule has 0 saturated carbocycles. The van der Waals surface area contributed by atoms with Crippen molar-refractivity contribution in [2.45, 2.75) is 25.8 Å². The van der Waals surface area contributed by atoms with Crippen molar-refractivity contribution in [3.63, 3.8) is 0 Å². The fraction of sp³-hybridized carbons (Fsp3) is 0.357. The van der Waals surface area contributed by atoms with Crippen LogP contribution < -0.4 is 5.73 Å². The molecule has 17 heavy (non-hydrogen) atoms. The highest BCUT2D eigenvalue weighted by molar-refractivity contribution is 5.21. The summed E-state index contributed by atoms with van der Waals surface area (Å²) in [7, 11) is 1.98. The molecule has 1 heterocycles. The Hall–Kier alpha value is -1.61. The molecule has 1 aromatic carbocycles. The van der Waals surface area contributed by atoms with Crippen molar-refractivity contribution in [1.29, 1.82) is 0 Å². The van der Waals surface area contributed by atoms with E-state index in [1.54, 1.807) is 6.20 Å². The first-order chi connectivity index (χ1) is 8.16. The molecule has 90 valence electrons. The van der Waals surface area contributed by atoms with Gasteiger partial charge in [-0.1, -0.05) is 29.8 Å². The molecular formula is C14H19N3. The molecule has 0 amide bonds. The Morgan fingerprint density at radius 3 is 2.59 bits per heavy atom. The highest BCUT2D eigenvalue weighted by atomic mass is 15.1. The molecule has 0 aliphatic carbocycles. The second-order valence-corrected chi connectivity index (χ2v) is 4.53. The Morgan fingerprint density at radius 2 is 2.00 bits per heavy atom. The zero-order chi connectivity index (χ0) is 12.3. The Bertz CT molecular complexity index is 470. The minimum Gasteiger partial charge on any atom is -0.337 e. The van der Waals surface area contributed by atoms with Gasteiger partial charge >= 0.3 is 0 Å². The lowest BCUT2D eigenvalue weighted by Crippen LogP contribution is -2.16. The maximum Gasteiger partial charge on any atom is 0.125 e. The number of nitrogens with two attached hydrogens (primary N) is 1. The number of aryl methyl sites for hydroxylation is 3. The van der Waals surface area contributed by atoms with Gasteiger partial charge in [0, 0.05) is 19.4 Å². The highest BCUT2D eigenvalue weighted by Gasteiger charge is 2.10. The molecule has 0 bridgehead atoms. The van der Waals surface area contributed by atoms with Crippen LogP contribution in [-0.2, 0) is 13.5 Å². The third kappa shape index (κ3) is 2.94. The second-order valence-electron chi connectivity index (χ2n) is 4.53. The van der Waals surface area contributed by atoms with Crippen LogP contribution in [0, 0.1) is 6.92 Å². The largest absolute Gasteiger partial charge is 0.337 e. The second kappa shape index (κ2) is 5.15. The summed E-state index contributed by atoms with van der Waals surface area (Å²) in [5.41, 5.74) is 8.76. The number of nitrogens with zero attached hydrogens (tertiary/aromatic N) is 2. The van der Waals surface area contributed by atoms with E-state index in [4.69, 9.17) is 5.73 Å². The summed E-state index contributed by atoms with van der Waals surface area (Å²) in [6, 6.07) is 8.63. The fourth-order valence-corrected chi connectivity index (χ4v) is 1.94. The molecule has 2 rings (SSSR count). The van der Waals surface area contributed by atoms with Crippen LogP contribution in [-0.4, -0.2) is 9.55 Å². The van der Waals surface area contributed by atoms with Crippen LogP contribution >= 0.6 is 0 Å². The average molecular weight is 229 g/mol. The Morgan fingerprint density at radius 1 is 1.29 bits per heavy atom. The topological polar surface area (TPSA) is 43.8 Å². The predicted octanol–water partition coefficient (Wildman–Crippen LogP) is 2.36. The van der Waals surface area contributed by atoms with Gasteiger partial charge in [-0.2, -0.15) is 0 Å². The zero-order valence-electron chi connectivity index (χ0n) is 10.4. The predicted molar refractivity (Wildman–Crippen MR) is 69.6 cm³/mol. The van der Waals surface area contributed by atoms with Gasteiger partial charge in [-0.25, -0.2) is 4.98 Å². The monoisotopic (exact) mass is 229 g/mol. The van der Waals surface area contributed by atoms with Gasteiger partial charge in [-0.15, -0.1) is 0 Å². The van der Waals surface area contributed by atoms with Crippen LogP contribution in [0.2, 0.25) is 0 Å². The first-order valence-corrected chi connectivity index (χ1v) is 5.95. The molecule has 2 N–H and O–H groups in total. The first kappa shape index (κ1) is 11.9. The molecule has 0 radical (unpaired) electrons. The van der Waals surface area contributed by atoms with E-state index in [2.05, 4.69) is 36.2 Å². The van der Waals surface area contributed by atoms with Crippen molar-refractivity contribution in [3.05, 3.63) is 53.6 Å². The lowest BCUT2D eigenvalue weighted by atomic mass is 10.0. The summed E-state index contributed by atoms with van der Waals surface area (Å²) < 4.78 is 1.99. The minimum absolute atomic E-state index is 0.0105. The highest BCUT2D eigenvalue weighted by Crippen LogP contribution is 2.15. The van der Waals surface area contributed by atoms with E-state index in [1.807, 2.05) is 17.8 Å². The molecule has 0 aliphatic heterocycles. The maximum atomic E-state index is 6.13. The summed E-state index contributed by atoms with van der Waals surface area (Å²) in [6.07, 6.45) is 5.64. The van der Waals surface area contributed by atoms with Crippen molar-refractivity contribution in [1.82, 2.24) is 9.55 Å². The molecule has 0 saturated heterocycles. The van der Waals surface area contributed by atoms with Crippen molar-refractivity contribution in [2.24, 2.45) is 12.8 Å². The van der Waals surface area contributed by atoms with Crippen LogP contribution in [0.5, 0.6) is 0 Å². The Kier molecular flexibility index (Phi) is 3.59. The number of rotatable bonds is 4. The normalized spacial score (nSPS) is 12.6. The van der Waals surface area contributed by atoms with E-state index >= 15 is 0 Å². The Balaban J connectivity index is 1.94. The maximum absolute atomic E-state index is 6.13. The van der Waals surface area contributed by atoms with Crippen LogP contribution in [0.3, 0.4) is 0 Å². The molecule has 2 aromatic rings. The molecule has 0 spiro atoms. The van der Waals surface area contributed by atoms with Gasteiger partial charge < -0.3 is 10.3 Å². The third-order valence-corrected chi connectivity index (χ3v) is 3.05. The molecule has 3 heteroatoms. The fourth-order valence-electron chi connectivity index (χ4n) is 1.94. The quantitative estimate of drug-likeness (QED) is 0.874. The summed E-state index contributed by atoms with van der Waals surface area (Å²) in [6.45, 7) is 2.10. The van der Waals surface area contributed by atoms with Crippen molar-refractivity contribution < 1.29 is 0 Å². The van der Waals surface area contributed by atoms with Crippen LogP contribution in [0.25, 0.3) is 0 Å². The number of hydrogen-bond donors (Lipinski definition) is 1. The molecule has 1 unspecified atom stereocenters. The molecule has 1 aromatic heterocycles. The van der Waals surface area contributed by atoms with Crippen LogP contribution in [0.1, 0.15) is 29.4 Å². The lowest BCUT2D eigenvalue weighted by molar-refractivity contribution is 0.588. The van der Waals surface area contributed by atoms with Gasteiger partial charge in [0.15, 0.2) is 0 Å². The van der Waals surface area contributed by atoms with Crippen LogP contribution in [0.15, 0.2) is 36.7 Å². The average Bonchev–Trinajstić information content (AvgIpc) is 2.74. The van der Waals surface area contributed by atoms with E-state index < -0.39 is 0 Å². The number of imidazole rings is 1. The number of hydrogen-bond acceptors (Lipinski definition) is 2. The van der Waals surface area contributed by atoms with Crippen molar-refractivity contribution >= 4 is 0 Å². The van der Waals surface area contributed by atoms with Crippen molar-refractivity contribution in [2.75, 3.05) is 0 Å². The third-order valence-electron chi connectivity index (χ3n) is 3.05. The van der Waals surface area contributed by atoms with E-state index in [-0.39, 0.29) is 6.04 Å². The van der Waals surface area contributed by atoms with Crippen LogP contribution in [0.4, 0.5) is 0 Å². The first-order valence-electron chi connectivity index (χ1n) is 5.95. The van der Waals surface area contributed by atoms with Gasteiger partial charge in [0.25, 0.3) is 0 Å². The number of benzene rings is 1. The summed E-state index contributed by atoms with van der Waals surface area (Å²) in [4.78, 5) is 4.28. The van der Waals surface area contributed by atoms with Crippen molar-refractivity contribution in [3.8, 4) is 0 Å². The summed E-state index contributed by atoms with van der Waals surface area (Å²) in [5, 5.41) is 0.